The smallest absolute Gasteiger partial charge is 0.326 e. The Bertz CT molecular complexity index is 253. The Kier molecular flexibility index (Phi) is 3.10. The minimum Gasteiger partial charge on any atom is -0.469 e. The van der Waals surface area contributed by atoms with E-state index in [0.29, 0.717) is 19.3 Å². The van der Waals surface area contributed by atoms with Crippen LogP contribution in [0.15, 0.2) is 0 Å². The average molecular weight is 201 g/mol. The second kappa shape index (κ2) is 3.96. The monoisotopic (exact) mass is 201 g/mol. The predicted octanol–water partition coefficient (Wildman–Crippen LogP) is -0.170. The summed E-state index contributed by atoms with van der Waals surface area (Å²) < 4.78 is 9.05. The predicted molar refractivity (Wildman–Crippen MR) is 48.3 cm³/mol. The Labute approximate surface area is 82.5 Å². The van der Waals surface area contributed by atoms with Crippen LogP contribution >= 0.6 is 0 Å². The van der Waals surface area contributed by atoms with Crippen molar-refractivity contribution in [2.45, 2.75) is 24.8 Å². The lowest BCUT2D eigenvalue weighted by Gasteiger charge is -2.07. The molecule has 0 aliphatic heterocycles. The molecule has 1 aliphatic rings. The highest BCUT2D eigenvalue weighted by atomic mass is 16.5. The number of nitrogens with two attached hydrogens (primary N) is 1. The lowest BCUT2D eigenvalue weighted by molar-refractivity contribution is -0.144. The first kappa shape index (κ1) is 11.0. The molecule has 2 atom stereocenters. The molecule has 0 heterocycles. The number of methoxy groups -OCH3 is 2. The van der Waals surface area contributed by atoms with Crippen molar-refractivity contribution in [2.24, 2.45) is 11.7 Å². The number of hydrogen-bond donors (Lipinski definition) is 1. The summed E-state index contributed by atoms with van der Waals surface area (Å²) in [5, 5.41) is 0. The van der Waals surface area contributed by atoms with Crippen LogP contribution in [-0.4, -0.2) is 31.7 Å². The molecule has 1 fully saturated rings. The van der Waals surface area contributed by atoms with Gasteiger partial charge in [0.1, 0.15) is 5.54 Å². The molecule has 0 radical (unpaired) electrons. The highest BCUT2D eigenvalue weighted by Gasteiger charge is 2.57. The number of rotatable bonds is 4. The normalized spacial score (nSPS) is 29.5. The van der Waals surface area contributed by atoms with Crippen molar-refractivity contribution >= 4 is 11.9 Å². The Morgan fingerprint density at radius 2 is 2.07 bits per heavy atom. The molecule has 1 aliphatic carbocycles. The van der Waals surface area contributed by atoms with Gasteiger partial charge in [0.15, 0.2) is 0 Å². The van der Waals surface area contributed by atoms with Crippen molar-refractivity contribution in [3.63, 3.8) is 0 Å². The van der Waals surface area contributed by atoms with Crippen molar-refractivity contribution in [3.05, 3.63) is 0 Å². The minimum absolute atomic E-state index is 0.0500. The maximum Gasteiger partial charge on any atom is 0.326 e. The third kappa shape index (κ3) is 2.04. The van der Waals surface area contributed by atoms with Gasteiger partial charge >= 0.3 is 11.9 Å². The first-order chi connectivity index (χ1) is 6.54. The fraction of sp³-hybridized carbons (Fsp3) is 0.778. The van der Waals surface area contributed by atoms with Gasteiger partial charge in [0.2, 0.25) is 0 Å². The molecule has 2 N–H and O–H groups in total. The first-order valence-electron chi connectivity index (χ1n) is 4.48. The van der Waals surface area contributed by atoms with Crippen LogP contribution in [0.2, 0.25) is 0 Å². The Morgan fingerprint density at radius 3 is 2.57 bits per heavy atom. The molecule has 0 aromatic carbocycles. The third-order valence-corrected chi connectivity index (χ3v) is 2.64. The molecule has 0 aromatic heterocycles. The lowest BCUT2D eigenvalue weighted by atomic mass is 10.1. The maximum absolute atomic E-state index is 11.2. The van der Waals surface area contributed by atoms with E-state index in [1.807, 2.05) is 0 Å². The zero-order chi connectivity index (χ0) is 10.8. The van der Waals surface area contributed by atoms with Gasteiger partial charge in [0, 0.05) is 6.42 Å². The zero-order valence-corrected chi connectivity index (χ0v) is 8.41. The fourth-order valence-corrected chi connectivity index (χ4v) is 1.54. The third-order valence-electron chi connectivity index (χ3n) is 2.64. The molecule has 5 heteroatoms. The highest BCUT2D eigenvalue weighted by Crippen LogP contribution is 2.45. The molecule has 0 amide bonds. The Morgan fingerprint density at radius 1 is 1.43 bits per heavy atom. The van der Waals surface area contributed by atoms with E-state index in [2.05, 4.69) is 9.47 Å². The second-order valence-electron chi connectivity index (χ2n) is 3.55. The number of esters is 2. The average Bonchev–Trinajstić information content (AvgIpc) is 2.86. The Balaban J connectivity index is 2.32. The summed E-state index contributed by atoms with van der Waals surface area (Å²) >= 11 is 0. The summed E-state index contributed by atoms with van der Waals surface area (Å²) in [7, 11) is 2.65. The number of hydrogen-bond acceptors (Lipinski definition) is 5. The van der Waals surface area contributed by atoms with Crippen molar-refractivity contribution in [2.75, 3.05) is 14.2 Å². The summed E-state index contributed by atoms with van der Waals surface area (Å²) in [6, 6.07) is 0. The van der Waals surface area contributed by atoms with E-state index < -0.39 is 11.5 Å². The summed E-state index contributed by atoms with van der Waals surface area (Å²) in [5.74, 6) is -0.620. The van der Waals surface area contributed by atoms with E-state index in [0.717, 1.165) is 0 Å². The number of carbonyl (C=O) groups is 2. The van der Waals surface area contributed by atoms with Gasteiger partial charge in [-0.1, -0.05) is 0 Å². The SMILES string of the molecule is COC(=O)CC[C@H]1C[C@@]1(N)C(=O)OC. The van der Waals surface area contributed by atoms with Crippen LogP contribution in [0.4, 0.5) is 0 Å². The lowest BCUT2D eigenvalue weighted by Crippen LogP contribution is -2.36. The van der Waals surface area contributed by atoms with Gasteiger partial charge in [-0.05, 0) is 18.8 Å². The van der Waals surface area contributed by atoms with Gasteiger partial charge in [0.05, 0.1) is 14.2 Å². The molecule has 0 spiro atoms. The van der Waals surface area contributed by atoms with Crippen molar-refractivity contribution in [1.29, 1.82) is 0 Å². The molecule has 14 heavy (non-hydrogen) atoms. The zero-order valence-electron chi connectivity index (χ0n) is 8.41. The van der Waals surface area contributed by atoms with Crippen LogP contribution in [0.5, 0.6) is 0 Å². The molecule has 1 rings (SSSR count). The quantitative estimate of drug-likeness (QED) is 0.639. The molecule has 1 saturated carbocycles. The summed E-state index contributed by atoms with van der Waals surface area (Å²) in [6.07, 6.45) is 1.48. The van der Waals surface area contributed by atoms with E-state index in [1.54, 1.807) is 0 Å². The standard InChI is InChI=1S/C9H15NO4/c1-13-7(11)4-3-6-5-9(6,10)8(12)14-2/h6H,3-5,10H2,1-2H3/t6-,9-/m0/s1. The van der Waals surface area contributed by atoms with E-state index >= 15 is 0 Å². The van der Waals surface area contributed by atoms with Crippen molar-refractivity contribution in [3.8, 4) is 0 Å². The largest absolute Gasteiger partial charge is 0.469 e. The van der Waals surface area contributed by atoms with Crippen LogP contribution in [0, 0.1) is 5.92 Å². The minimum atomic E-state index is -0.858. The molecular formula is C9H15NO4. The Hall–Kier alpha value is -1.10. The van der Waals surface area contributed by atoms with Crippen LogP contribution < -0.4 is 5.73 Å². The van der Waals surface area contributed by atoms with Gasteiger partial charge in [-0.15, -0.1) is 0 Å². The van der Waals surface area contributed by atoms with E-state index in [-0.39, 0.29) is 11.9 Å². The van der Waals surface area contributed by atoms with Crippen molar-refractivity contribution < 1.29 is 19.1 Å². The van der Waals surface area contributed by atoms with Gasteiger partial charge in [-0.2, -0.15) is 0 Å². The van der Waals surface area contributed by atoms with Crippen LogP contribution in [0.1, 0.15) is 19.3 Å². The molecule has 0 saturated heterocycles. The molecule has 5 nitrogen and oxygen atoms in total. The fourth-order valence-electron chi connectivity index (χ4n) is 1.54. The molecule has 0 aromatic rings. The number of ether oxygens (including phenoxy) is 2. The maximum atomic E-state index is 11.2. The summed E-state index contributed by atoms with van der Waals surface area (Å²) in [4.78, 5) is 22.0. The highest BCUT2D eigenvalue weighted by molar-refractivity contribution is 5.84. The summed E-state index contributed by atoms with van der Waals surface area (Å²) in [6.45, 7) is 0. The van der Waals surface area contributed by atoms with Gasteiger partial charge in [-0.25, -0.2) is 0 Å². The van der Waals surface area contributed by atoms with Crippen LogP contribution in [0.25, 0.3) is 0 Å². The molecule has 0 bridgehead atoms. The van der Waals surface area contributed by atoms with Gasteiger partial charge in [0.25, 0.3) is 0 Å². The van der Waals surface area contributed by atoms with Gasteiger partial charge < -0.3 is 15.2 Å². The summed E-state index contributed by atoms with van der Waals surface area (Å²) in [5.41, 5.74) is 4.89. The first-order valence-corrected chi connectivity index (χ1v) is 4.48. The second-order valence-corrected chi connectivity index (χ2v) is 3.55. The molecule has 80 valence electrons. The van der Waals surface area contributed by atoms with E-state index in [9.17, 15) is 9.59 Å². The van der Waals surface area contributed by atoms with Gasteiger partial charge in [-0.3, -0.25) is 9.59 Å². The molecule has 0 unspecified atom stereocenters. The van der Waals surface area contributed by atoms with E-state index in [4.69, 9.17) is 5.73 Å². The van der Waals surface area contributed by atoms with Crippen LogP contribution in [0.3, 0.4) is 0 Å². The molecular weight excluding hydrogens is 186 g/mol. The van der Waals surface area contributed by atoms with E-state index in [1.165, 1.54) is 14.2 Å². The van der Waals surface area contributed by atoms with Crippen LogP contribution in [-0.2, 0) is 19.1 Å². The van der Waals surface area contributed by atoms with Crippen molar-refractivity contribution in [1.82, 2.24) is 0 Å². The topological polar surface area (TPSA) is 78.6 Å². The number of carbonyl (C=O) groups excluding carboxylic acids is 2.